The summed E-state index contributed by atoms with van der Waals surface area (Å²) in [6.45, 7) is 7.60. The Balaban J connectivity index is 0.00000272. The average Bonchev–Trinajstić information content (AvgIpc) is 3.07. The van der Waals surface area contributed by atoms with E-state index in [-0.39, 0.29) is 19.8 Å². The van der Waals surface area contributed by atoms with Gasteiger partial charge in [0.15, 0.2) is 0 Å². The van der Waals surface area contributed by atoms with Crippen LogP contribution in [0.4, 0.5) is 0 Å². The first kappa shape index (κ1) is 25.2. The number of allylic oxidation sites excluding steroid dienone is 1. The molecule has 1 aromatic carbocycles. The van der Waals surface area contributed by atoms with Crippen LogP contribution in [0.2, 0.25) is 0 Å². The van der Waals surface area contributed by atoms with Crippen LogP contribution in [0.25, 0.3) is 0 Å². The van der Waals surface area contributed by atoms with Crippen LogP contribution in [0.5, 0.6) is 0 Å². The molecule has 31 heavy (non-hydrogen) atoms. The van der Waals surface area contributed by atoms with E-state index in [4.69, 9.17) is 5.73 Å². The van der Waals surface area contributed by atoms with Crippen LogP contribution in [0.1, 0.15) is 84.1 Å². The summed E-state index contributed by atoms with van der Waals surface area (Å²) in [6.07, 6.45) is 18.3. The molecule has 3 unspecified atom stereocenters. The predicted molar refractivity (Wildman–Crippen MR) is 129 cm³/mol. The molecule has 3 aliphatic carbocycles. The molecule has 2 N–H and O–H groups in total. The van der Waals surface area contributed by atoms with Gasteiger partial charge in [-0.05, 0) is 74.0 Å². The van der Waals surface area contributed by atoms with Crippen LogP contribution in [0.3, 0.4) is 0 Å². The number of hydrogen-bond acceptors (Lipinski definition) is 1. The fraction of sp³-hybridized carbons (Fsp3) is 0.690. The summed E-state index contributed by atoms with van der Waals surface area (Å²) >= 11 is 0. The summed E-state index contributed by atoms with van der Waals surface area (Å²) in [7, 11) is 0. The summed E-state index contributed by atoms with van der Waals surface area (Å²) in [6, 6.07) is 11.4. The van der Waals surface area contributed by atoms with Crippen LogP contribution in [-0.4, -0.2) is 6.04 Å². The quantitative estimate of drug-likeness (QED) is 0.270. The zero-order valence-corrected chi connectivity index (χ0v) is 22.5. The Morgan fingerprint density at radius 1 is 1.06 bits per heavy atom. The Morgan fingerprint density at radius 3 is 2.61 bits per heavy atom. The molecule has 1 aromatic rings. The molecule has 3 saturated carbocycles. The minimum Gasteiger partial charge on any atom is -0.327 e. The average molecular weight is 597 g/mol. The third kappa shape index (κ3) is 5.74. The molecular formula is C29H44NOs. The van der Waals surface area contributed by atoms with Crippen molar-refractivity contribution < 1.29 is 19.8 Å². The maximum Gasteiger partial charge on any atom is 1.00 e. The van der Waals surface area contributed by atoms with E-state index in [0.717, 1.165) is 42.4 Å². The van der Waals surface area contributed by atoms with Gasteiger partial charge in [-0.2, -0.15) is 12.8 Å². The van der Waals surface area contributed by atoms with Gasteiger partial charge in [0, 0.05) is 6.04 Å². The molecule has 4 rings (SSSR count). The fourth-order valence-corrected chi connectivity index (χ4v) is 7.26. The SMILES string of the molecule is CC1CC[C@]2(C)C(C[CH-]Cc3ccccc3)CCC2[C@H]1C/C=C1/C[C@@H](N)CC[C@H]1C.[Os+]. The van der Waals surface area contributed by atoms with Gasteiger partial charge in [-0.25, -0.2) is 0 Å². The molecule has 1 nitrogen and oxygen atoms in total. The summed E-state index contributed by atoms with van der Waals surface area (Å²) in [5.74, 6) is 4.30. The molecule has 2 heteroatoms. The molecule has 173 valence electrons. The summed E-state index contributed by atoms with van der Waals surface area (Å²) in [5.41, 5.74) is 9.97. The molecule has 0 saturated heterocycles. The van der Waals surface area contributed by atoms with E-state index in [0.29, 0.717) is 11.5 Å². The maximum atomic E-state index is 6.29. The zero-order valence-electron chi connectivity index (χ0n) is 20.0. The van der Waals surface area contributed by atoms with Crippen molar-refractivity contribution in [1.82, 2.24) is 0 Å². The first-order chi connectivity index (χ1) is 14.5. The van der Waals surface area contributed by atoms with Gasteiger partial charge < -0.3 is 12.2 Å². The predicted octanol–water partition coefficient (Wildman–Crippen LogP) is 7.36. The second-order valence-electron chi connectivity index (χ2n) is 11.2. The first-order valence-electron chi connectivity index (χ1n) is 12.8. The monoisotopic (exact) mass is 598 g/mol. The number of fused-ring (bicyclic) bond motifs is 1. The van der Waals surface area contributed by atoms with Crippen LogP contribution in [0, 0.1) is 41.4 Å². The molecule has 0 bridgehead atoms. The van der Waals surface area contributed by atoms with Crippen molar-refractivity contribution in [3.8, 4) is 0 Å². The third-order valence-electron chi connectivity index (χ3n) is 9.42. The van der Waals surface area contributed by atoms with E-state index in [1.54, 1.807) is 5.57 Å². The standard InChI is InChI=1S/C29H44N.Os/c1-21-12-15-26(30)20-24(21)13-16-27-22(2)18-19-29(3)25(14-17-28(27)29)11-7-10-23-8-5-4-6-9-23;/h4-9,13,21-22,25-28H,10-12,14-20,30H2,1-3H3;/q-1;+1/b24-13-;/t21-,22?,25?,26+,27+,28?,29-;/m1./s1. The Bertz CT molecular complexity index is 713. The molecule has 3 fully saturated rings. The smallest absolute Gasteiger partial charge is 0.327 e. The number of benzene rings is 1. The van der Waals surface area contributed by atoms with Crippen molar-refractivity contribution in [3.63, 3.8) is 0 Å². The van der Waals surface area contributed by atoms with Crippen molar-refractivity contribution in [2.45, 2.75) is 91.0 Å². The van der Waals surface area contributed by atoms with Crippen LogP contribution in [-0.2, 0) is 26.2 Å². The zero-order chi connectivity index (χ0) is 21.1. The van der Waals surface area contributed by atoms with Crippen molar-refractivity contribution in [2.24, 2.45) is 40.7 Å². The molecule has 1 radical (unpaired) electrons. The molecule has 0 amide bonds. The minimum atomic E-state index is 0. The fourth-order valence-electron chi connectivity index (χ4n) is 7.26. The van der Waals surface area contributed by atoms with Gasteiger partial charge in [-0.15, -0.1) is 0 Å². The second-order valence-corrected chi connectivity index (χ2v) is 11.2. The van der Waals surface area contributed by atoms with Gasteiger partial charge in [0.25, 0.3) is 0 Å². The Hall–Kier alpha value is -0.444. The topological polar surface area (TPSA) is 26.0 Å². The van der Waals surface area contributed by atoms with E-state index < -0.39 is 0 Å². The minimum absolute atomic E-state index is 0. The summed E-state index contributed by atoms with van der Waals surface area (Å²) < 4.78 is 0. The largest absolute Gasteiger partial charge is 1.00 e. The Kier molecular flexibility index (Phi) is 9.03. The van der Waals surface area contributed by atoms with E-state index in [9.17, 15) is 0 Å². The normalized spacial score (nSPS) is 39.2. The second kappa shape index (κ2) is 11.1. The van der Waals surface area contributed by atoms with Crippen molar-refractivity contribution in [2.75, 3.05) is 0 Å². The molecule has 0 aliphatic heterocycles. The van der Waals surface area contributed by atoms with Gasteiger partial charge >= 0.3 is 19.8 Å². The van der Waals surface area contributed by atoms with Crippen molar-refractivity contribution in [3.05, 3.63) is 54.0 Å². The first-order valence-corrected chi connectivity index (χ1v) is 12.8. The number of hydrogen-bond donors (Lipinski definition) is 1. The Labute approximate surface area is 205 Å². The molecular weight excluding hydrogens is 553 g/mol. The van der Waals surface area contributed by atoms with Crippen LogP contribution < -0.4 is 5.73 Å². The molecule has 3 aliphatic rings. The van der Waals surface area contributed by atoms with Crippen molar-refractivity contribution >= 4 is 0 Å². The van der Waals surface area contributed by atoms with Crippen molar-refractivity contribution in [1.29, 1.82) is 0 Å². The van der Waals surface area contributed by atoms with Crippen LogP contribution >= 0.6 is 0 Å². The van der Waals surface area contributed by atoms with Gasteiger partial charge in [-0.3, -0.25) is 0 Å². The van der Waals surface area contributed by atoms with E-state index >= 15 is 0 Å². The van der Waals surface area contributed by atoms with E-state index in [1.165, 1.54) is 56.9 Å². The van der Waals surface area contributed by atoms with Gasteiger partial charge in [-0.1, -0.05) is 80.7 Å². The number of nitrogens with two attached hydrogens (primary N) is 1. The summed E-state index contributed by atoms with van der Waals surface area (Å²) in [4.78, 5) is 0. The van der Waals surface area contributed by atoms with Crippen LogP contribution in [0.15, 0.2) is 42.0 Å². The van der Waals surface area contributed by atoms with E-state index in [2.05, 4.69) is 63.6 Å². The Morgan fingerprint density at radius 2 is 1.84 bits per heavy atom. The molecule has 0 aromatic heterocycles. The third-order valence-corrected chi connectivity index (χ3v) is 9.42. The number of rotatable bonds is 6. The molecule has 0 spiro atoms. The molecule has 7 atom stereocenters. The van der Waals surface area contributed by atoms with Gasteiger partial charge in [0.2, 0.25) is 0 Å². The summed E-state index contributed by atoms with van der Waals surface area (Å²) in [5, 5.41) is 0. The van der Waals surface area contributed by atoms with E-state index in [1.807, 2.05) is 0 Å². The van der Waals surface area contributed by atoms with Gasteiger partial charge in [0.1, 0.15) is 0 Å². The molecule has 0 heterocycles. The van der Waals surface area contributed by atoms with Gasteiger partial charge in [0.05, 0.1) is 0 Å². The maximum absolute atomic E-state index is 6.29.